The summed E-state index contributed by atoms with van der Waals surface area (Å²) in [6.07, 6.45) is 0. The van der Waals surface area contributed by atoms with Crippen LogP contribution in [0.4, 0.5) is 0 Å². The minimum absolute atomic E-state index is 0.0692. The lowest BCUT2D eigenvalue weighted by atomic mass is 10.2. The van der Waals surface area contributed by atoms with Gasteiger partial charge in [0.1, 0.15) is 5.75 Å². The molecule has 3 N–H and O–H groups in total. The highest BCUT2D eigenvalue weighted by molar-refractivity contribution is 6.33. The molecular formula is C10H11ClN2O3. The van der Waals surface area contributed by atoms with Crippen LogP contribution in [0.15, 0.2) is 18.2 Å². The Labute approximate surface area is 97.4 Å². The molecule has 5 nitrogen and oxygen atoms in total. The van der Waals surface area contributed by atoms with Crippen LogP contribution in [0.25, 0.3) is 0 Å². The molecule has 0 aliphatic carbocycles. The van der Waals surface area contributed by atoms with E-state index in [9.17, 15) is 14.7 Å². The standard InChI is InChI=1S/C10H11ClN2O3/c1-13(5-9(12)15)10(16)7-4-6(14)2-3-8(7)11/h2-4,14H,5H2,1H3,(H2,12,15). The number of phenols is 1. The number of nitrogens with two attached hydrogens (primary N) is 1. The van der Waals surface area contributed by atoms with Gasteiger partial charge in [-0.15, -0.1) is 0 Å². The van der Waals surface area contributed by atoms with E-state index < -0.39 is 11.8 Å². The molecule has 0 aromatic heterocycles. The normalized spacial score (nSPS) is 9.88. The number of primary amides is 1. The monoisotopic (exact) mass is 242 g/mol. The van der Waals surface area contributed by atoms with E-state index in [0.29, 0.717) is 0 Å². The number of carbonyl (C=O) groups excluding carboxylic acids is 2. The van der Waals surface area contributed by atoms with Gasteiger partial charge in [0.25, 0.3) is 5.91 Å². The predicted octanol–water partition coefficient (Wildman–Crippen LogP) is 0.603. The SMILES string of the molecule is CN(CC(N)=O)C(=O)c1cc(O)ccc1Cl. The molecule has 0 aliphatic heterocycles. The maximum Gasteiger partial charge on any atom is 0.255 e. The zero-order valence-corrected chi connectivity index (χ0v) is 9.36. The van der Waals surface area contributed by atoms with Crippen LogP contribution in [0, 0.1) is 0 Å². The summed E-state index contributed by atoms with van der Waals surface area (Å²) in [5, 5.41) is 9.44. The van der Waals surface area contributed by atoms with Crippen molar-refractivity contribution in [2.45, 2.75) is 0 Å². The summed E-state index contributed by atoms with van der Waals surface area (Å²) >= 11 is 5.80. The Bertz CT molecular complexity index is 434. The number of nitrogens with zero attached hydrogens (tertiary/aromatic N) is 1. The van der Waals surface area contributed by atoms with Crippen molar-refractivity contribution in [3.05, 3.63) is 28.8 Å². The number of aromatic hydroxyl groups is 1. The molecule has 86 valence electrons. The molecule has 1 aromatic rings. The van der Waals surface area contributed by atoms with Gasteiger partial charge in [0.2, 0.25) is 5.91 Å². The van der Waals surface area contributed by atoms with Gasteiger partial charge in [0.05, 0.1) is 17.1 Å². The van der Waals surface area contributed by atoms with Crippen LogP contribution < -0.4 is 5.73 Å². The Morgan fingerprint density at radius 1 is 1.50 bits per heavy atom. The van der Waals surface area contributed by atoms with E-state index in [2.05, 4.69) is 0 Å². The average molecular weight is 243 g/mol. The first-order valence-corrected chi connectivity index (χ1v) is 4.82. The summed E-state index contributed by atoms with van der Waals surface area (Å²) in [7, 11) is 1.42. The second kappa shape index (κ2) is 4.85. The van der Waals surface area contributed by atoms with E-state index in [1.807, 2.05) is 0 Å². The molecular weight excluding hydrogens is 232 g/mol. The van der Waals surface area contributed by atoms with Gasteiger partial charge in [-0.05, 0) is 18.2 Å². The van der Waals surface area contributed by atoms with Crippen molar-refractivity contribution in [3.8, 4) is 5.75 Å². The van der Waals surface area contributed by atoms with E-state index in [1.54, 1.807) is 0 Å². The molecule has 1 rings (SSSR count). The summed E-state index contributed by atoms with van der Waals surface area (Å²) < 4.78 is 0. The fraction of sp³-hybridized carbons (Fsp3) is 0.200. The number of phenolic OH excluding ortho intramolecular Hbond substituents is 1. The molecule has 0 aliphatic rings. The highest BCUT2D eigenvalue weighted by atomic mass is 35.5. The second-order valence-corrected chi connectivity index (χ2v) is 3.70. The topological polar surface area (TPSA) is 83.6 Å². The minimum atomic E-state index is -0.618. The van der Waals surface area contributed by atoms with Crippen LogP contribution >= 0.6 is 11.6 Å². The minimum Gasteiger partial charge on any atom is -0.508 e. The number of halogens is 1. The van der Waals surface area contributed by atoms with Crippen molar-refractivity contribution in [3.63, 3.8) is 0 Å². The lowest BCUT2D eigenvalue weighted by Gasteiger charge is -2.15. The smallest absolute Gasteiger partial charge is 0.255 e. The van der Waals surface area contributed by atoms with Gasteiger partial charge in [-0.2, -0.15) is 0 Å². The Kier molecular flexibility index (Phi) is 3.73. The third-order valence-corrected chi connectivity index (χ3v) is 2.25. The van der Waals surface area contributed by atoms with Gasteiger partial charge in [-0.25, -0.2) is 0 Å². The molecule has 16 heavy (non-hydrogen) atoms. The zero-order valence-electron chi connectivity index (χ0n) is 8.61. The summed E-state index contributed by atoms with van der Waals surface area (Å²) in [5.74, 6) is -1.16. The summed E-state index contributed by atoms with van der Waals surface area (Å²) in [6, 6.07) is 4.01. The van der Waals surface area contributed by atoms with Gasteiger partial charge in [0.15, 0.2) is 0 Å². The number of benzene rings is 1. The molecule has 0 unspecified atom stereocenters. The van der Waals surface area contributed by atoms with Crippen LogP contribution in [-0.2, 0) is 4.79 Å². The summed E-state index contributed by atoms with van der Waals surface area (Å²) in [5.41, 5.74) is 5.09. The first kappa shape index (κ1) is 12.3. The Morgan fingerprint density at radius 2 is 2.12 bits per heavy atom. The van der Waals surface area contributed by atoms with Crippen molar-refractivity contribution in [2.75, 3.05) is 13.6 Å². The average Bonchev–Trinajstić information content (AvgIpc) is 2.19. The molecule has 0 spiro atoms. The number of likely N-dealkylation sites (N-methyl/N-ethyl adjacent to an activating group) is 1. The maximum absolute atomic E-state index is 11.8. The first-order chi connectivity index (χ1) is 7.41. The lowest BCUT2D eigenvalue weighted by Crippen LogP contribution is -2.35. The van der Waals surface area contributed by atoms with Crippen LogP contribution in [0.1, 0.15) is 10.4 Å². The zero-order chi connectivity index (χ0) is 12.3. The third kappa shape index (κ3) is 2.87. The lowest BCUT2D eigenvalue weighted by molar-refractivity contribution is -0.118. The molecule has 0 atom stereocenters. The van der Waals surface area contributed by atoms with Crippen LogP contribution in [0.3, 0.4) is 0 Å². The quantitative estimate of drug-likeness (QED) is 0.814. The second-order valence-electron chi connectivity index (χ2n) is 3.29. The highest BCUT2D eigenvalue weighted by Crippen LogP contribution is 2.22. The van der Waals surface area contributed by atoms with Gasteiger partial charge in [-0.1, -0.05) is 11.6 Å². The van der Waals surface area contributed by atoms with Crippen LogP contribution in [-0.4, -0.2) is 35.4 Å². The highest BCUT2D eigenvalue weighted by Gasteiger charge is 2.16. The van der Waals surface area contributed by atoms with Gasteiger partial charge < -0.3 is 15.7 Å². The molecule has 0 heterocycles. The number of amides is 2. The van der Waals surface area contributed by atoms with Gasteiger partial charge in [0, 0.05) is 7.05 Å². The van der Waals surface area contributed by atoms with Crippen LogP contribution in [0.5, 0.6) is 5.75 Å². The van der Waals surface area contributed by atoms with E-state index in [0.717, 1.165) is 4.90 Å². The van der Waals surface area contributed by atoms with Crippen LogP contribution in [0.2, 0.25) is 5.02 Å². The molecule has 2 amide bonds. The van der Waals surface area contributed by atoms with Crippen molar-refractivity contribution >= 4 is 23.4 Å². The molecule has 6 heteroatoms. The maximum atomic E-state index is 11.8. The fourth-order valence-corrected chi connectivity index (χ4v) is 1.39. The predicted molar refractivity (Wildman–Crippen MR) is 59.3 cm³/mol. The summed E-state index contributed by atoms with van der Waals surface area (Å²) in [6.45, 7) is -0.204. The molecule has 0 radical (unpaired) electrons. The molecule has 0 bridgehead atoms. The number of rotatable bonds is 3. The Balaban J connectivity index is 2.95. The summed E-state index contributed by atoms with van der Waals surface area (Å²) in [4.78, 5) is 23.5. The van der Waals surface area contributed by atoms with Crippen molar-refractivity contribution in [2.24, 2.45) is 5.73 Å². The number of hydrogen-bond donors (Lipinski definition) is 2. The van der Waals surface area contributed by atoms with Gasteiger partial charge >= 0.3 is 0 Å². The van der Waals surface area contributed by atoms with Crippen molar-refractivity contribution in [1.82, 2.24) is 4.90 Å². The Morgan fingerprint density at radius 3 is 2.69 bits per heavy atom. The Hall–Kier alpha value is -1.75. The third-order valence-electron chi connectivity index (χ3n) is 1.92. The number of hydrogen-bond acceptors (Lipinski definition) is 3. The molecule has 0 fully saturated rings. The molecule has 1 aromatic carbocycles. The van der Waals surface area contributed by atoms with E-state index >= 15 is 0 Å². The number of carbonyl (C=O) groups is 2. The van der Waals surface area contributed by atoms with E-state index in [1.165, 1.54) is 25.2 Å². The van der Waals surface area contributed by atoms with Gasteiger partial charge in [-0.3, -0.25) is 9.59 Å². The molecule has 0 saturated heterocycles. The fourth-order valence-electron chi connectivity index (χ4n) is 1.19. The molecule has 0 saturated carbocycles. The van der Waals surface area contributed by atoms with Crippen molar-refractivity contribution < 1.29 is 14.7 Å². The first-order valence-electron chi connectivity index (χ1n) is 4.44. The van der Waals surface area contributed by atoms with E-state index in [4.69, 9.17) is 17.3 Å². The largest absolute Gasteiger partial charge is 0.508 e. The van der Waals surface area contributed by atoms with E-state index in [-0.39, 0.29) is 22.9 Å². The van der Waals surface area contributed by atoms with Crippen molar-refractivity contribution in [1.29, 1.82) is 0 Å².